The van der Waals surface area contributed by atoms with Gasteiger partial charge >= 0.3 is 0 Å². The standard InChI is InChI=1S/CHClN2O4/c3-1-4-8-2(5,6)7/h4H. The molecule has 0 unspecified atom stereocenters. The molecule has 0 saturated heterocycles. The average Bonchev–Trinajstić information content (AvgIpc) is 1.59. The number of hydroxylamine groups is 1. The normalized spacial score (nSPS) is 10.2. The molecule has 0 amide bonds. The second-order valence-electron chi connectivity index (χ2n) is 0.669. The van der Waals surface area contributed by atoms with Crippen LogP contribution in [0.5, 0.6) is 0 Å². The number of hydrogen-bond donors (Lipinski definition) is 1. The first-order valence-electron chi connectivity index (χ1n) is 1.29. The van der Waals surface area contributed by atoms with Gasteiger partial charge in [-0.15, -0.1) is 0 Å². The Morgan fingerprint density at radius 1 is 1.50 bits per heavy atom. The SMILES string of the molecule is N#CNO[Cl+3]([O-])([O-])[O-]. The summed E-state index contributed by atoms with van der Waals surface area (Å²) in [5, 5.41) is 7.54. The summed E-state index contributed by atoms with van der Waals surface area (Å²) in [5.74, 6) is 0. The maximum atomic E-state index is 9.37. The molecule has 0 aromatic carbocycles. The summed E-state index contributed by atoms with van der Waals surface area (Å²) in [6.45, 7) is 0. The molecule has 0 bridgehead atoms. The van der Waals surface area contributed by atoms with Crippen LogP contribution in [-0.4, -0.2) is 0 Å². The van der Waals surface area contributed by atoms with Crippen LogP contribution in [0.4, 0.5) is 0 Å². The molecule has 0 aliphatic rings. The molecule has 7 heteroatoms. The Morgan fingerprint density at radius 3 is 2.12 bits per heavy atom. The van der Waals surface area contributed by atoms with Crippen molar-refractivity contribution in [3.63, 3.8) is 0 Å². The Hall–Kier alpha value is -0.580. The van der Waals surface area contributed by atoms with Gasteiger partial charge < -0.3 is 0 Å². The van der Waals surface area contributed by atoms with Crippen molar-refractivity contribution in [2.24, 2.45) is 0 Å². The maximum Gasteiger partial charge on any atom is 0.217 e. The van der Waals surface area contributed by atoms with Crippen molar-refractivity contribution in [3.05, 3.63) is 0 Å². The van der Waals surface area contributed by atoms with Crippen LogP contribution in [0.1, 0.15) is 0 Å². The lowest BCUT2D eigenvalue weighted by Crippen LogP contribution is -2.62. The van der Waals surface area contributed by atoms with Crippen molar-refractivity contribution in [1.29, 1.82) is 5.26 Å². The second-order valence-corrected chi connectivity index (χ2v) is 1.58. The Labute approximate surface area is 46.6 Å². The molecule has 0 rings (SSSR count). The Kier molecular flexibility index (Phi) is 2.47. The van der Waals surface area contributed by atoms with Crippen molar-refractivity contribution in [2.75, 3.05) is 0 Å². The Balaban J connectivity index is 3.28. The highest BCUT2D eigenvalue weighted by molar-refractivity contribution is 4.50. The van der Waals surface area contributed by atoms with E-state index in [-0.39, 0.29) is 0 Å². The first-order valence-corrected chi connectivity index (χ1v) is 2.53. The molecule has 0 saturated carbocycles. The maximum absolute atomic E-state index is 9.37. The monoisotopic (exact) mass is 140 g/mol. The van der Waals surface area contributed by atoms with E-state index in [0.29, 0.717) is 0 Å². The van der Waals surface area contributed by atoms with E-state index in [1.807, 2.05) is 0 Å². The van der Waals surface area contributed by atoms with Crippen molar-refractivity contribution in [3.8, 4) is 6.19 Å². The largest absolute Gasteiger partial charge is 0.217 e. The lowest BCUT2D eigenvalue weighted by atomic mass is 11.5. The van der Waals surface area contributed by atoms with Crippen LogP contribution in [-0.2, 0) is 4.39 Å². The minimum absolute atomic E-state index is 1.07. The summed E-state index contributed by atoms with van der Waals surface area (Å²) in [4.78, 5) is 0. The van der Waals surface area contributed by atoms with Gasteiger partial charge in [0.2, 0.25) is 10.6 Å². The third-order valence-electron chi connectivity index (χ3n) is 0.179. The topological polar surface area (TPSA) is 114 Å². The highest BCUT2D eigenvalue weighted by Gasteiger charge is 2.16. The van der Waals surface area contributed by atoms with Gasteiger partial charge in [0.05, 0.1) is 0 Å². The van der Waals surface area contributed by atoms with Gasteiger partial charge in [-0.3, -0.25) is 0 Å². The molecule has 0 aromatic rings. The highest BCUT2D eigenvalue weighted by atomic mass is 35.7. The van der Waals surface area contributed by atoms with E-state index in [9.17, 15) is 14.0 Å². The molecule has 0 spiro atoms. The Morgan fingerprint density at radius 2 is 2.00 bits per heavy atom. The van der Waals surface area contributed by atoms with E-state index in [1.54, 1.807) is 0 Å². The molecule has 0 aliphatic carbocycles. The van der Waals surface area contributed by atoms with Crippen LogP contribution in [0.25, 0.3) is 0 Å². The molecule has 0 aliphatic heterocycles. The fraction of sp³-hybridized carbons (Fsp3) is 0. The highest BCUT2D eigenvalue weighted by Crippen LogP contribution is 1.78. The van der Waals surface area contributed by atoms with Crippen LogP contribution >= 0.6 is 0 Å². The van der Waals surface area contributed by atoms with Crippen molar-refractivity contribution in [2.45, 2.75) is 0 Å². The smallest absolute Gasteiger partial charge is 0.180 e. The fourth-order valence-corrected chi connectivity index (χ4v) is 0.193. The number of rotatable bonds is 2. The molecular formula is CHClN2O4. The zero-order chi connectivity index (χ0) is 6.62. The minimum Gasteiger partial charge on any atom is -0.180 e. The van der Waals surface area contributed by atoms with Crippen LogP contribution in [0.2, 0.25) is 0 Å². The summed E-state index contributed by atoms with van der Waals surface area (Å²) in [7, 11) is -4.52. The summed E-state index contributed by atoms with van der Waals surface area (Å²) >= 11 is 0. The number of hydrogen-bond acceptors (Lipinski definition) is 6. The molecule has 6 nitrogen and oxygen atoms in total. The molecule has 0 fully saturated rings. The van der Waals surface area contributed by atoms with Gasteiger partial charge in [-0.25, -0.2) is 0 Å². The summed E-state index contributed by atoms with van der Waals surface area (Å²) in [5.41, 5.74) is 1.18. The molecule has 0 atom stereocenters. The lowest BCUT2D eigenvalue weighted by molar-refractivity contribution is -1.92. The van der Waals surface area contributed by atoms with Crippen LogP contribution in [0.15, 0.2) is 0 Å². The molecule has 0 radical (unpaired) electrons. The van der Waals surface area contributed by atoms with Gasteiger partial charge in [0.15, 0.2) is 0 Å². The van der Waals surface area contributed by atoms with Crippen LogP contribution in [0.3, 0.4) is 0 Å². The number of nitrogens with zero attached hydrogens (tertiary/aromatic N) is 1. The molecular weight excluding hydrogens is 139 g/mol. The van der Waals surface area contributed by atoms with E-state index < -0.39 is 10.2 Å². The van der Waals surface area contributed by atoms with E-state index in [4.69, 9.17) is 5.26 Å². The molecule has 46 valence electrons. The van der Waals surface area contributed by atoms with E-state index in [1.165, 1.54) is 5.48 Å². The van der Waals surface area contributed by atoms with Gasteiger partial charge in [-0.05, 0) is 0 Å². The lowest BCUT2D eigenvalue weighted by Gasteiger charge is -2.07. The van der Waals surface area contributed by atoms with Crippen molar-refractivity contribution >= 4 is 0 Å². The average molecular weight is 140 g/mol. The van der Waals surface area contributed by atoms with Gasteiger partial charge in [0.25, 0.3) is 0 Å². The first-order chi connectivity index (χ1) is 3.56. The van der Waals surface area contributed by atoms with E-state index in [0.717, 1.165) is 6.19 Å². The van der Waals surface area contributed by atoms with Gasteiger partial charge in [-0.1, -0.05) is 5.48 Å². The third kappa shape index (κ3) is 5.42. The fourth-order valence-electron chi connectivity index (χ4n) is 0.0645. The predicted octanol–water partition coefficient (Wildman–Crippen LogP) is -4.11. The second kappa shape index (κ2) is 2.66. The number of nitrogens with one attached hydrogen (secondary N) is 1. The van der Waals surface area contributed by atoms with Crippen molar-refractivity contribution < 1.29 is 28.6 Å². The zero-order valence-electron chi connectivity index (χ0n) is 3.46. The van der Waals surface area contributed by atoms with Gasteiger partial charge in [-0.2, -0.15) is 19.2 Å². The van der Waals surface area contributed by atoms with Gasteiger partial charge in [0.1, 0.15) is 10.2 Å². The van der Waals surface area contributed by atoms with Gasteiger partial charge in [0, 0.05) is 0 Å². The predicted molar refractivity (Wildman–Crippen MR) is 9.83 cm³/mol. The summed E-state index contributed by atoms with van der Waals surface area (Å²) in [6.07, 6.45) is 1.07. The first kappa shape index (κ1) is 7.42. The molecule has 8 heavy (non-hydrogen) atoms. The Bertz CT molecular complexity index is 102. The third-order valence-corrected chi connectivity index (χ3v) is 0.445. The molecule has 1 N–H and O–H groups in total. The summed E-state index contributed by atoms with van der Waals surface area (Å²) in [6, 6.07) is 0. The van der Waals surface area contributed by atoms with Crippen LogP contribution < -0.4 is 19.5 Å². The van der Waals surface area contributed by atoms with Crippen molar-refractivity contribution in [1.82, 2.24) is 5.48 Å². The van der Waals surface area contributed by atoms with E-state index in [2.05, 4.69) is 4.39 Å². The zero-order valence-corrected chi connectivity index (χ0v) is 4.21. The summed E-state index contributed by atoms with van der Waals surface area (Å²) < 4.78 is 31.3. The van der Waals surface area contributed by atoms with Crippen LogP contribution in [0, 0.1) is 21.7 Å². The number of nitriles is 1. The quantitative estimate of drug-likeness (QED) is 0.237. The number of halogens is 1. The molecule has 0 heterocycles. The minimum atomic E-state index is -4.52. The molecule has 0 aromatic heterocycles. The van der Waals surface area contributed by atoms with E-state index >= 15 is 0 Å².